The van der Waals surface area contributed by atoms with Gasteiger partial charge in [-0.15, -0.1) is 0 Å². The summed E-state index contributed by atoms with van der Waals surface area (Å²) in [6.07, 6.45) is 3.29. The summed E-state index contributed by atoms with van der Waals surface area (Å²) in [5, 5.41) is 2.70. The fraction of sp³-hybridized carbons (Fsp3) is 0.375. The van der Waals surface area contributed by atoms with Crippen molar-refractivity contribution >= 4 is 18.0 Å². The molecule has 0 saturated heterocycles. The molecule has 0 aromatic heterocycles. The standard InChI is InChI=1S/C16H21NO4/c1-4-21-14-8-5-13(6-9-14)7-10-15(18)17-12(2)11-16(19)20-3/h5-10,12H,4,11H2,1-3H3,(H,17,18)/b10-7+. The highest BCUT2D eigenvalue weighted by Gasteiger charge is 2.10. The third-order valence-electron chi connectivity index (χ3n) is 2.71. The largest absolute Gasteiger partial charge is 0.494 e. The van der Waals surface area contributed by atoms with E-state index in [1.165, 1.54) is 13.2 Å². The number of methoxy groups -OCH3 is 1. The monoisotopic (exact) mass is 291 g/mol. The molecule has 1 rings (SSSR count). The minimum Gasteiger partial charge on any atom is -0.494 e. The smallest absolute Gasteiger partial charge is 0.307 e. The normalized spacial score (nSPS) is 12.0. The second kappa shape index (κ2) is 8.79. The zero-order valence-corrected chi connectivity index (χ0v) is 12.6. The van der Waals surface area contributed by atoms with E-state index >= 15 is 0 Å². The molecule has 1 amide bonds. The van der Waals surface area contributed by atoms with Crippen molar-refractivity contribution in [2.75, 3.05) is 13.7 Å². The molecule has 1 unspecified atom stereocenters. The summed E-state index contributed by atoms with van der Waals surface area (Å²) in [4.78, 5) is 22.8. The molecule has 1 N–H and O–H groups in total. The first-order valence-corrected chi connectivity index (χ1v) is 6.83. The van der Waals surface area contributed by atoms with E-state index in [2.05, 4.69) is 10.1 Å². The molecule has 21 heavy (non-hydrogen) atoms. The van der Waals surface area contributed by atoms with Crippen molar-refractivity contribution in [1.82, 2.24) is 5.32 Å². The topological polar surface area (TPSA) is 64.6 Å². The predicted molar refractivity (Wildman–Crippen MR) is 80.9 cm³/mol. The van der Waals surface area contributed by atoms with Crippen molar-refractivity contribution in [2.45, 2.75) is 26.3 Å². The second-order valence-electron chi connectivity index (χ2n) is 4.53. The highest BCUT2D eigenvalue weighted by atomic mass is 16.5. The van der Waals surface area contributed by atoms with Crippen LogP contribution < -0.4 is 10.1 Å². The first-order chi connectivity index (χ1) is 10.0. The Morgan fingerprint density at radius 3 is 2.52 bits per heavy atom. The Morgan fingerprint density at radius 1 is 1.29 bits per heavy atom. The molecule has 1 aromatic carbocycles. The van der Waals surface area contributed by atoms with E-state index in [0.717, 1.165) is 11.3 Å². The van der Waals surface area contributed by atoms with Crippen molar-refractivity contribution in [2.24, 2.45) is 0 Å². The van der Waals surface area contributed by atoms with Gasteiger partial charge in [0.2, 0.25) is 5.91 Å². The number of carbonyl (C=O) groups excluding carboxylic acids is 2. The molecule has 0 heterocycles. The fourth-order valence-corrected chi connectivity index (χ4v) is 1.69. The Bertz CT molecular complexity index is 494. The number of hydrogen-bond acceptors (Lipinski definition) is 4. The number of rotatable bonds is 7. The molecule has 114 valence electrons. The zero-order valence-electron chi connectivity index (χ0n) is 12.6. The van der Waals surface area contributed by atoms with Gasteiger partial charge in [-0.25, -0.2) is 0 Å². The van der Waals surface area contributed by atoms with Crippen LogP contribution >= 0.6 is 0 Å². The molecule has 0 aliphatic carbocycles. The van der Waals surface area contributed by atoms with Gasteiger partial charge in [0.25, 0.3) is 0 Å². The quantitative estimate of drug-likeness (QED) is 0.617. The van der Waals surface area contributed by atoms with E-state index in [4.69, 9.17) is 4.74 Å². The van der Waals surface area contributed by atoms with Crippen molar-refractivity contribution in [1.29, 1.82) is 0 Å². The Balaban J connectivity index is 2.47. The van der Waals surface area contributed by atoms with Crippen LogP contribution in [0.4, 0.5) is 0 Å². The van der Waals surface area contributed by atoms with Gasteiger partial charge in [-0.2, -0.15) is 0 Å². The number of esters is 1. The first-order valence-electron chi connectivity index (χ1n) is 6.83. The lowest BCUT2D eigenvalue weighted by Crippen LogP contribution is -2.33. The number of amides is 1. The number of benzene rings is 1. The summed E-state index contributed by atoms with van der Waals surface area (Å²) in [6, 6.07) is 7.16. The number of ether oxygens (including phenoxy) is 2. The molecule has 0 fully saturated rings. The summed E-state index contributed by atoms with van der Waals surface area (Å²) in [5.41, 5.74) is 0.897. The van der Waals surface area contributed by atoms with Gasteiger partial charge in [0.05, 0.1) is 20.1 Å². The van der Waals surface area contributed by atoms with Crippen molar-refractivity contribution in [3.63, 3.8) is 0 Å². The van der Waals surface area contributed by atoms with Crippen LogP contribution in [0, 0.1) is 0 Å². The highest BCUT2D eigenvalue weighted by Crippen LogP contribution is 2.12. The summed E-state index contributed by atoms with van der Waals surface area (Å²) in [6.45, 7) is 4.29. The Morgan fingerprint density at radius 2 is 1.95 bits per heavy atom. The number of hydrogen-bond donors (Lipinski definition) is 1. The van der Waals surface area contributed by atoms with E-state index in [1.54, 1.807) is 13.0 Å². The average molecular weight is 291 g/mol. The van der Waals surface area contributed by atoms with E-state index in [9.17, 15) is 9.59 Å². The van der Waals surface area contributed by atoms with Crippen molar-refractivity contribution in [3.05, 3.63) is 35.9 Å². The van der Waals surface area contributed by atoms with Crippen LogP contribution in [0.2, 0.25) is 0 Å². The summed E-state index contributed by atoms with van der Waals surface area (Å²) < 4.78 is 9.88. The molecule has 0 saturated carbocycles. The molecule has 5 nitrogen and oxygen atoms in total. The first kappa shape index (κ1) is 16.8. The Kier molecular flexibility index (Phi) is 7.01. The maximum atomic E-state index is 11.7. The summed E-state index contributed by atoms with van der Waals surface area (Å²) in [7, 11) is 1.32. The summed E-state index contributed by atoms with van der Waals surface area (Å²) >= 11 is 0. The lowest BCUT2D eigenvalue weighted by molar-refractivity contribution is -0.141. The van der Waals surface area contributed by atoms with Gasteiger partial charge in [0, 0.05) is 12.1 Å². The lowest BCUT2D eigenvalue weighted by atomic mass is 10.2. The SMILES string of the molecule is CCOc1ccc(/C=C/C(=O)NC(C)CC(=O)OC)cc1. The fourth-order valence-electron chi connectivity index (χ4n) is 1.69. The second-order valence-corrected chi connectivity index (χ2v) is 4.53. The third-order valence-corrected chi connectivity index (χ3v) is 2.71. The number of carbonyl (C=O) groups is 2. The van der Waals surface area contributed by atoms with Crippen LogP contribution in [-0.4, -0.2) is 31.6 Å². The predicted octanol–water partition coefficient (Wildman–Crippen LogP) is 2.17. The van der Waals surface area contributed by atoms with Gasteiger partial charge >= 0.3 is 5.97 Å². The Labute approximate surface area is 124 Å². The Hall–Kier alpha value is -2.30. The van der Waals surface area contributed by atoms with E-state index in [1.807, 2.05) is 31.2 Å². The molecular formula is C16H21NO4. The molecule has 0 aliphatic rings. The minimum absolute atomic E-state index is 0.152. The van der Waals surface area contributed by atoms with E-state index in [0.29, 0.717) is 6.61 Å². The molecule has 0 bridgehead atoms. The molecule has 5 heteroatoms. The molecular weight excluding hydrogens is 270 g/mol. The van der Waals surface area contributed by atoms with Gasteiger partial charge in [-0.1, -0.05) is 12.1 Å². The van der Waals surface area contributed by atoms with Crippen LogP contribution in [0.25, 0.3) is 6.08 Å². The van der Waals surface area contributed by atoms with Crippen molar-refractivity contribution in [3.8, 4) is 5.75 Å². The van der Waals surface area contributed by atoms with Gasteiger partial charge in [-0.3, -0.25) is 9.59 Å². The third kappa shape index (κ3) is 6.61. The van der Waals surface area contributed by atoms with Gasteiger partial charge in [-0.05, 0) is 37.6 Å². The lowest BCUT2D eigenvalue weighted by Gasteiger charge is -2.10. The zero-order chi connectivity index (χ0) is 15.7. The minimum atomic E-state index is -0.349. The van der Waals surface area contributed by atoms with Gasteiger partial charge in [0.1, 0.15) is 5.75 Å². The van der Waals surface area contributed by atoms with Crippen LogP contribution in [0.3, 0.4) is 0 Å². The summed E-state index contributed by atoms with van der Waals surface area (Å²) in [5.74, 6) is 0.199. The van der Waals surface area contributed by atoms with Crippen LogP contribution in [0.5, 0.6) is 5.75 Å². The molecule has 1 aromatic rings. The maximum Gasteiger partial charge on any atom is 0.307 e. The van der Waals surface area contributed by atoms with Gasteiger partial charge in [0.15, 0.2) is 0 Å². The highest BCUT2D eigenvalue weighted by molar-refractivity contribution is 5.92. The van der Waals surface area contributed by atoms with Crippen LogP contribution in [0.15, 0.2) is 30.3 Å². The maximum absolute atomic E-state index is 11.7. The van der Waals surface area contributed by atoms with E-state index < -0.39 is 0 Å². The molecule has 0 spiro atoms. The van der Waals surface area contributed by atoms with Gasteiger partial charge < -0.3 is 14.8 Å². The average Bonchev–Trinajstić information content (AvgIpc) is 2.46. The number of nitrogens with one attached hydrogen (secondary N) is 1. The van der Waals surface area contributed by atoms with E-state index in [-0.39, 0.29) is 24.3 Å². The van der Waals surface area contributed by atoms with Crippen molar-refractivity contribution < 1.29 is 19.1 Å². The molecule has 1 atom stereocenters. The van der Waals surface area contributed by atoms with Crippen LogP contribution in [0.1, 0.15) is 25.8 Å². The molecule has 0 aliphatic heterocycles. The molecule has 0 radical (unpaired) electrons. The van der Waals surface area contributed by atoms with Crippen LogP contribution in [-0.2, 0) is 14.3 Å².